The third-order valence-corrected chi connectivity index (χ3v) is 5.82. The fourth-order valence-corrected chi connectivity index (χ4v) is 4.08. The molecule has 0 aromatic carbocycles. The van der Waals surface area contributed by atoms with Gasteiger partial charge < -0.3 is 15.0 Å². The smallest absolute Gasteiger partial charge is 0.310 e. The van der Waals surface area contributed by atoms with E-state index in [4.69, 9.17) is 4.74 Å². The van der Waals surface area contributed by atoms with E-state index in [0.717, 1.165) is 25.0 Å². The van der Waals surface area contributed by atoms with Crippen molar-refractivity contribution in [1.29, 1.82) is 0 Å². The van der Waals surface area contributed by atoms with Gasteiger partial charge in [0.1, 0.15) is 0 Å². The van der Waals surface area contributed by atoms with Gasteiger partial charge in [0.15, 0.2) is 5.96 Å². The summed E-state index contributed by atoms with van der Waals surface area (Å²) in [6.45, 7) is 13.7. The first kappa shape index (κ1) is 20.0. The molecule has 6 nitrogen and oxygen atoms in total. The first-order valence-electron chi connectivity index (χ1n) is 9.57. The summed E-state index contributed by atoms with van der Waals surface area (Å²) in [4.78, 5) is 21.1. The van der Waals surface area contributed by atoms with Crippen molar-refractivity contribution >= 4 is 11.9 Å². The van der Waals surface area contributed by atoms with Crippen molar-refractivity contribution in [3.8, 4) is 0 Å². The lowest BCUT2D eigenvalue weighted by molar-refractivity contribution is -0.145. The van der Waals surface area contributed by atoms with Gasteiger partial charge in [0, 0.05) is 38.8 Å². The number of likely N-dealkylation sites (tertiary alicyclic amines) is 2. The van der Waals surface area contributed by atoms with Gasteiger partial charge in [-0.2, -0.15) is 0 Å². The third kappa shape index (κ3) is 4.87. The van der Waals surface area contributed by atoms with Gasteiger partial charge in [0.2, 0.25) is 0 Å². The standard InChI is InChI=1S/C19H36N4O2/c1-14-8-7-9-23(10-14)19(3,4)13-21-18(20-5)22-11-15(2)16(12-22)17(24)25-6/h14-16H,7-13H2,1-6H3,(H,20,21). The van der Waals surface area contributed by atoms with Crippen LogP contribution in [0.4, 0.5) is 0 Å². The second kappa shape index (κ2) is 8.39. The Labute approximate surface area is 153 Å². The number of ether oxygens (including phenoxy) is 1. The minimum absolute atomic E-state index is 0.0699. The Morgan fingerprint density at radius 1 is 1.28 bits per heavy atom. The molecule has 6 heteroatoms. The predicted octanol–water partition coefficient (Wildman–Crippen LogP) is 1.81. The monoisotopic (exact) mass is 352 g/mol. The van der Waals surface area contributed by atoms with Crippen LogP contribution in [0.5, 0.6) is 0 Å². The molecular formula is C19H36N4O2. The molecule has 2 saturated heterocycles. The quantitative estimate of drug-likeness (QED) is 0.475. The number of hydrogen-bond donors (Lipinski definition) is 1. The van der Waals surface area contributed by atoms with E-state index in [1.54, 1.807) is 0 Å². The number of carbonyl (C=O) groups excluding carboxylic acids is 1. The molecular weight excluding hydrogens is 316 g/mol. The zero-order valence-corrected chi connectivity index (χ0v) is 16.8. The lowest BCUT2D eigenvalue weighted by atomic mass is 9.93. The van der Waals surface area contributed by atoms with Crippen LogP contribution >= 0.6 is 0 Å². The lowest BCUT2D eigenvalue weighted by Crippen LogP contribution is -2.56. The zero-order chi connectivity index (χ0) is 18.6. The van der Waals surface area contributed by atoms with Crippen molar-refractivity contribution in [3.05, 3.63) is 0 Å². The normalized spacial score (nSPS) is 29.0. The molecule has 1 N–H and O–H groups in total. The summed E-state index contributed by atoms with van der Waals surface area (Å²) in [6.07, 6.45) is 2.62. The molecule has 3 unspecified atom stereocenters. The third-order valence-electron chi connectivity index (χ3n) is 5.82. The van der Waals surface area contributed by atoms with Gasteiger partial charge in [-0.15, -0.1) is 0 Å². The molecule has 2 rings (SSSR count). The molecule has 0 aromatic heterocycles. The first-order valence-corrected chi connectivity index (χ1v) is 9.57. The minimum Gasteiger partial charge on any atom is -0.469 e. The van der Waals surface area contributed by atoms with Crippen molar-refractivity contribution in [2.24, 2.45) is 22.7 Å². The van der Waals surface area contributed by atoms with E-state index in [9.17, 15) is 4.79 Å². The molecule has 2 aliphatic heterocycles. The summed E-state index contributed by atoms with van der Waals surface area (Å²) in [5.41, 5.74) is 0.0811. The summed E-state index contributed by atoms with van der Waals surface area (Å²) in [6, 6.07) is 0. The summed E-state index contributed by atoms with van der Waals surface area (Å²) in [7, 11) is 3.28. The molecule has 0 radical (unpaired) electrons. The minimum atomic E-state index is -0.118. The molecule has 0 spiro atoms. The van der Waals surface area contributed by atoms with Gasteiger partial charge in [0.05, 0.1) is 13.0 Å². The number of methoxy groups -OCH3 is 1. The maximum absolute atomic E-state index is 11.9. The lowest BCUT2D eigenvalue weighted by Gasteiger charge is -2.43. The first-order chi connectivity index (χ1) is 11.8. The fourth-order valence-electron chi connectivity index (χ4n) is 4.08. The molecule has 0 aromatic rings. The Balaban J connectivity index is 1.93. The molecule has 0 aliphatic carbocycles. The number of rotatable bonds is 4. The number of guanidine groups is 1. The van der Waals surface area contributed by atoms with Crippen LogP contribution in [0.1, 0.15) is 40.5 Å². The van der Waals surface area contributed by atoms with E-state index in [1.165, 1.54) is 33.0 Å². The fraction of sp³-hybridized carbons (Fsp3) is 0.895. The number of aliphatic imine (C=N–C) groups is 1. The van der Waals surface area contributed by atoms with Gasteiger partial charge >= 0.3 is 5.97 Å². The van der Waals surface area contributed by atoms with Crippen molar-refractivity contribution < 1.29 is 9.53 Å². The molecule has 144 valence electrons. The van der Waals surface area contributed by atoms with Crippen LogP contribution in [0.15, 0.2) is 4.99 Å². The van der Waals surface area contributed by atoms with Crippen molar-refractivity contribution in [2.45, 2.75) is 46.1 Å². The Bertz CT molecular complexity index is 492. The molecule has 2 heterocycles. The average Bonchev–Trinajstić information content (AvgIpc) is 2.96. The highest BCUT2D eigenvalue weighted by atomic mass is 16.5. The van der Waals surface area contributed by atoms with E-state index in [-0.39, 0.29) is 23.3 Å². The second-order valence-corrected chi connectivity index (χ2v) is 8.42. The molecule has 25 heavy (non-hydrogen) atoms. The maximum atomic E-state index is 11.9. The summed E-state index contributed by atoms with van der Waals surface area (Å²) < 4.78 is 4.94. The highest BCUT2D eigenvalue weighted by Gasteiger charge is 2.37. The molecule has 0 amide bonds. The van der Waals surface area contributed by atoms with Crippen LogP contribution in [0.2, 0.25) is 0 Å². The highest BCUT2D eigenvalue weighted by Crippen LogP contribution is 2.25. The van der Waals surface area contributed by atoms with Gasteiger partial charge in [0.25, 0.3) is 0 Å². The molecule has 2 aliphatic rings. The second-order valence-electron chi connectivity index (χ2n) is 8.42. The van der Waals surface area contributed by atoms with Gasteiger partial charge in [-0.1, -0.05) is 13.8 Å². The molecule has 0 saturated carbocycles. The number of piperidine rings is 1. The average molecular weight is 353 g/mol. The Kier molecular flexibility index (Phi) is 6.72. The van der Waals surface area contributed by atoms with Crippen LogP contribution in [0, 0.1) is 17.8 Å². The number of nitrogens with zero attached hydrogens (tertiary/aromatic N) is 3. The van der Waals surface area contributed by atoms with Crippen molar-refractivity contribution in [2.75, 3.05) is 46.9 Å². The SMILES string of the molecule is CN=C(NCC(C)(C)N1CCCC(C)C1)N1CC(C)C(C(=O)OC)C1. The predicted molar refractivity (Wildman–Crippen MR) is 102 cm³/mol. The summed E-state index contributed by atoms with van der Waals surface area (Å²) in [5.74, 6) is 1.75. The van der Waals surface area contributed by atoms with E-state index in [2.05, 4.69) is 47.8 Å². The summed E-state index contributed by atoms with van der Waals surface area (Å²) >= 11 is 0. The van der Waals surface area contributed by atoms with Crippen LogP contribution in [0.25, 0.3) is 0 Å². The van der Waals surface area contributed by atoms with Crippen molar-refractivity contribution in [1.82, 2.24) is 15.1 Å². The van der Waals surface area contributed by atoms with Crippen molar-refractivity contribution in [3.63, 3.8) is 0 Å². The largest absolute Gasteiger partial charge is 0.469 e. The van der Waals surface area contributed by atoms with Crippen LogP contribution < -0.4 is 5.32 Å². The Hall–Kier alpha value is -1.30. The highest BCUT2D eigenvalue weighted by molar-refractivity contribution is 5.82. The van der Waals surface area contributed by atoms with E-state index in [1.807, 2.05) is 7.05 Å². The summed E-state index contributed by atoms with van der Waals surface area (Å²) in [5, 5.41) is 3.54. The van der Waals surface area contributed by atoms with Crippen LogP contribution in [-0.4, -0.2) is 74.1 Å². The number of esters is 1. The maximum Gasteiger partial charge on any atom is 0.310 e. The van der Waals surface area contributed by atoms with Gasteiger partial charge in [-0.05, 0) is 45.1 Å². The Morgan fingerprint density at radius 2 is 2.00 bits per heavy atom. The van der Waals surface area contributed by atoms with Crippen LogP contribution in [0.3, 0.4) is 0 Å². The van der Waals surface area contributed by atoms with E-state index < -0.39 is 0 Å². The number of nitrogens with one attached hydrogen (secondary N) is 1. The number of carbonyl (C=O) groups is 1. The number of hydrogen-bond acceptors (Lipinski definition) is 4. The van der Waals surface area contributed by atoms with Gasteiger partial charge in [-0.3, -0.25) is 14.7 Å². The van der Waals surface area contributed by atoms with E-state index in [0.29, 0.717) is 6.54 Å². The molecule has 3 atom stereocenters. The van der Waals surface area contributed by atoms with Crippen LogP contribution in [-0.2, 0) is 9.53 Å². The molecule has 0 bridgehead atoms. The van der Waals surface area contributed by atoms with E-state index >= 15 is 0 Å². The zero-order valence-electron chi connectivity index (χ0n) is 16.8. The Morgan fingerprint density at radius 3 is 2.60 bits per heavy atom. The topological polar surface area (TPSA) is 57.2 Å². The van der Waals surface area contributed by atoms with Gasteiger partial charge in [-0.25, -0.2) is 0 Å². The molecule has 2 fully saturated rings.